The van der Waals surface area contributed by atoms with Gasteiger partial charge in [-0.2, -0.15) is 5.10 Å². The van der Waals surface area contributed by atoms with Crippen molar-refractivity contribution in [1.82, 2.24) is 19.3 Å². The van der Waals surface area contributed by atoms with Crippen molar-refractivity contribution in [2.24, 2.45) is 7.05 Å². The highest BCUT2D eigenvalue weighted by molar-refractivity contribution is 9.10. The lowest BCUT2D eigenvalue weighted by Crippen LogP contribution is -2.12. The minimum atomic E-state index is -1.40. The Labute approximate surface area is 206 Å². The van der Waals surface area contributed by atoms with Gasteiger partial charge in [-0.1, -0.05) is 12.1 Å². The van der Waals surface area contributed by atoms with Crippen molar-refractivity contribution in [2.75, 3.05) is 6.61 Å². The summed E-state index contributed by atoms with van der Waals surface area (Å²) >= 11 is 3.39. The van der Waals surface area contributed by atoms with Crippen LogP contribution in [0.3, 0.4) is 0 Å². The first-order valence-corrected chi connectivity index (χ1v) is 12.7. The molecule has 1 N–H and O–H groups in total. The summed E-state index contributed by atoms with van der Waals surface area (Å²) in [6, 6.07) is 7.54. The Balaban J connectivity index is 1.84. The molecular formula is C23H22BrFN4O4S. The van der Waals surface area contributed by atoms with Gasteiger partial charge in [0.15, 0.2) is 0 Å². The van der Waals surface area contributed by atoms with Gasteiger partial charge in [0, 0.05) is 40.2 Å². The van der Waals surface area contributed by atoms with Crippen LogP contribution < -0.4 is 0 Å². The highest BCUT2D eigenvalue weighted by Crippen LogP contribution is 2.40. The molecule has 0 spiro atoms. The summed E-state index contributed by atoms with van der Waals surface area (Å²) in [6.07, 6.45) is 2.89. The van der Waals surface area contributed by atoms with Gasteiger partial charge in [0.05, 0.1) is 34.5 Å². The van der Waals surface area contributed by atoms with Crippen LogP contribution in [0.4, 0.5) is 4.39 Å². The molecule has 1 unspecified atom stereocenters. The van der Waals surface area contributed by atoms with Crippen molar-refractivity contribution >= 4 is 43.6 Å². The lowest BCUT2D eigenvalue weighted by molar-refractivity contribution is 0.0527. The Hall–Kier alpha value is -3.05. The molecule has 8 nitrogen and oxygen atoms in total. The molecule has 0 saturated carbocycles. The van der Waals surface area contributed by atoms with Gasteiger partial charge in [-0.25, -0.2) is 18.9 Å². The maximum atomic E-state index is 13.2. The number of hydrogen-bond donors (Lipinski definition) is 1. The van der Waals surface area contributed by atoms with Gasteiger partial charge in [-0.15, -0.1) is 0 Å². The number of phenols is 1. The van der Waals surface area contributed by atoms with Gasteiger partial charge in [0.25, 0.3) is 0 Å². The number of esters is 1. The van der Waals surface area contributed by atoms with Crippen LogP contribution in [0.2, 0.25) is 0 Å². The van der Waals surface area contributed by atoms with Gasteiger partial charge in [0.1, 0.15) is 24.2 Å². The Morgan fingerprint density at radius 1 is 1.26 bits per heavy atom. The largest absolute Gasteiger partial charge is 0.506 e. The van der Waals surface area contributed by atoms with E-state index in [0.717, 1.165) is 5.56 Å². The van der Waals surface area contributed by atoms with Crippen LogP contribution in [0.15, 0.2) is 47.5 Å². The third-order valence-corrected chi connectivity index (χ3v) is 7.30. The predicted molar refractivity (Wildman–Crippen MR) is 129 cm³/mol. The van der Waals surface area contributed by atoms with Crippen LogP contribution >= 0.6 is 15.9 Å². The fourth-order valence-electron chi connectivity index (χ4n) is 3.87. The monoisotopic (exact) mass is 548 g/mol. The Morgan fingerprint density at radius 2 is 2.00 bits per heavy atom. The molecule has 2 aromatic carbocycles. The third-order valence-electron chi connectivity index (χ3n) is 5.44. The summed E-state index contributed by atoms with van der Waals surface area (Å²) in [5.41, 5.74) is 2.63. The summed E-state index contributed by atoms with van der Waals surface area (Å²) in [5, 5.41) is 15.5. The first kappa shape index (κ1) is 24.1. The van der Waals surface area contributed by atoms with Crippen molar-refractivity contribution < 1.29 is 23.2 Å². The molecule has 178 valence electrons. The van der Waals surface area contributed by atoms with E-state index in [-0.39, 0.29) is 41.8 Å². The number of aromatic hydroxyl groups is 1. The fraction of sp³-hybridized carbons (Fsp3) is 0.261. The van der Waals surface area contributed by atoms with Crippen LogP contribution in [0, 0.1) is 5.82 Å². The number of ether oxygens (including phenoxy) is 1. The molecule has 1 atom stereocenters. The molecule has 4 aromatic rings. The van der Waals surface area contributed by atoms with E-state index in [9.17, 15) is 18.5 Å². The van der Waals surface area contributed by atoms with E-state index in [1.807, 2.05) is 0 Å². The van der Waals surface area contributed by atoms with Gasteiger partial charge < -0.3 is 14.4 Å². The number of phenolic OH excluding ortho intramolecular Hbond substituents is 1. The second-order valence-electron chi connectivity index (χ2n) is 7.63. The molecular weight excluding hydrogens is 527 g/mol. The minimum Gasteiger partial charge on any atom is -0.506 e. The van der Waals surface area contributed by atoms with Crippen molar-refractivity contribution in [3.05, 3.63) is 75.7 Å². The molecule has 0 amide bonds. The Kier molecular flexibility index (Phi) is 7.13. The van der Waals surface area contributed by atoms with Crippen LogP contribution in [-0.4, -0.2) is 41.2 Å². The quantitative estimate of drug-likeness (QED) is 0.333. The first-order valence-electron chi connectivity index (χ1n) is 10.4. The molecule has 0 fully saturated rings. The molecule has 0 saturated heterocycles. The van der Waals surface area contributed by atoms with Crippen molar-refractivity contribution in [1.29, 1.82) is 0 Å². The van der Waals surface area contributed by atoms with Gasteiger partial charge in [0.2, 0.25) is 0 Å². The van der Waals surface area contributed by atoms with Gasteiger partial charge in [-0.3, -0.25) is 4.21 Å². The van der Waals surface area contributed by atoms with Crippen LogP contribution in [0.5, 0.6) is 5.75 Å². The van der Waals surface area contributed by atoms with E-state index < -0.39 is 16.8 Å². The maximum Gasteiger partial charge on any atom is 0.340 e. The van der Waals surface area contributed by atoms with Crippen molar-refractivity contribution in [3.8, 4) is 5.75 Å². The van der Waals surface area contributed by atoms with E-state index in [2.05, 4.69) is 26.0 Å². The van der Waals surface area contributed by atoms with Crippen LogP contribution in [-0.2, 0) is 40.6 Å². The lowest BCUT2D eigenvalue weighted by Gasteiger charge is -2.11. The molecule has 34 heavy (non-hydrogen) atoms. The number of halogens is 2. The highest BCUT2D eigenvalue weighted by Gasteiger charge is 2.28. The zero-order valence-corrected chi connectivity index (χ0v) is 20.9. The summed E-state index contributed by atoms with van der Waals surface area (Å²) in [6.45, 7) is 2.03. The minimum absolute atomic E-state index is 0.0295. The highest BCUT2D eigenvalue weighted by atomic mass is 79.9. The van der Waals surface area contributed by atoms with E-state index in [1.165, 1.54) is 29.5 Å². The number of carbonyl (C=O) groups is 1. The molecule has 0 radical (unpaired) electrons. The standard InChI is InChI=1S/C23H22BrFN4O4S/c1-3-33-23(31)21-19(11-34(32)10-14-4-6-15(25)7-5-14)28(2)18-8-17(24)22(30)16(20(18)21)9-29-13-26-12-27-29/h4-8,12-13,30H,3,9-11H2,1-2H3. The normalized spacial score (nSPS) is 12.2. The number of rotatable bonds is 8. The zero-order chi connectivity index (χ0) is 24.4. The molecule has 2 aromatic heterocycles. The molecule has 0 aliphatic rings. The summed E-state index contributed by atoms with van der Waals surface area (Å²) in [7, 11) is 0.378. The van der Waals surface area contributed by atoms with E-state index in [0.29, 0.717) is 26.6 Å². The van der Waals surface area contributed by atoms with Crippen LogP contribution in [0.1, 0.15) is 34.1 Å². The fourth-order valence-corrected chi connectivity index (χ4v) is 5.64. The average Bonchev–Trinajstić information content (AvgIpc) is 3.40. The topological polar surface area (TPSA) is 99.2 Å². The lowest BCUT2D eigenvalue weighted by atomic mass is 10.0. The molecule has 0 bridgehead atoms. The average molecular weight is 549 g/mol. The smallest absolute Gasteiger partial charge is 0.340 e. The number of nitrogens with zero attached hydrogens (tertiary/aromatic N) is 4. The number of aromatic nitrogens is 4. The second-order valence-corrected chi connectivity index (χ2v) is 9.94. The van der Waals surface area contributed by atoms with Crippen LogP contribution in [0.25, 0.3) is 10.9 Å². The Bertz CT molecular complexity index is 1370. The number of hydrogen-bond acceptors (Lipinski definition) is 6. The predicted octanol–water partition coefficient (Wildman–Crippen LogP) is 4.05. The molecule has 4 rings (SSSR count). The number of benzene rings is 2. The van der Waals surface area contributed by atoms with Crippen molar-refractivity contribution in [3.63, 3.8) is 0 Å². The third kappa shape index (κ3) is 4.76. The first-order chi connectivity index (χ1) is 16.3. The molecule has 2 heterocycles. The van der Waals surface area contributed by atoms with Gasteiger partial charge >= 0.3 is 5.97 Å². The number of fused-ring (bicyclic) bond motifs is 1. The van der Waals surface area contributed by atoms with Crippen molar-refractivity contribution in [2.45, 2.75) is 25.0 Å². The summed E-state index contributed by atoms with van der Waals surface area (Å²) in [4.78, 5) is 17.1. The molecule has 11 heteroatoms. The zero-order valence-electron chi connectivity index (χ0n) is 18.5. The van der Waals surface area contributed by atoms with E-state index in [1.54, 1.807) is 36.7 Å². The summed E-state index contributed by atoms with van der Waals surface area (Å²) in [5.74, 6) is -0.692. The van der Waals surface area contributed by atoms with E-state index >= 15 is 0 Å². The summed E-state index contributed by atoms with van der Waals surface area (Å²) < 4.78 is 35.4. The van der Waals surface area contributed by atoms with E-state index in [4.69, 9.17) is 4.74 Å². The number of aryl methyl sites for hydroxylation is 1. The second kappa shape index (κ2) is 10.1. The molecule has 0 aliphatic carbocycles. The van der Waals surface area contributed by atoms with Gasteiger partial charge in [-0.05, 0) is 46.6 Å². The Morgan fingerprint density at radius 3 is 2.65 bits per heavy atom. The SMILES string of the molecule is CCOC(=O)c1c(CS(=O)Cc2ccc(F)cc2)n(C)c2cc(Br)c(O)c(Cn3cncn3)c12. The number of carbonyl (C=O) groups excluding carboxylic acids is 1. The maximum absolute atomic E-state index is 13.2. The molecule has 0 aliphatic heterocycles.